The molecule has 3 aliphatic rings. The molecular weight excluding hydrogens is 663 g/mol. The normalized spacial score (nSPS) is 20.1. The van der Waals surface area contributed by atoms with Crippen LogP contribution in [0.25, 0.3) is 72.2 Å². The number of aromatic nitrogens is 1. The lowest BCUT2D eigenvalue weighted by Gasteiger charge is -2.26. The summed E-state index contributed by atoms with van der Waals surface area (Å²) in [6.07, 6.45) is 9.92. The van der Waals surface area contributed by atoms with E-state index in [1.165, 1.54) is 83.4 Å². The number of allylic oxidation sites excluding steroid dienone is 4. The van der Waals surface area contributed by atoms with Crippen LogP contribution in [0.5, 0.6) is 0 Å². The van der Waals surface area contributed by atoms with Gasteiger partial charge in [-0.25, -0.2) is 0 Å². The van der Waals surface area contributed by atoms with Gasteiger partial charge in [-0.05, 0) is 96.7 Å². The zero-order valence-corrected chi connectivity index (χ0v) is 31.2. The first kappa shape index (κ1) is 32.0. The smallest absolute Gasteiger partial charge is 0.0535 e. The van der Waals surface area contributed by atoms with Crippen molar-refractivity contribution in [3.05, 3.63) is 211 Å². The predicted molar refractivity (Wildman–Crippen MR) is 231 cm³/mol. The third-order valence-electron chi connectivity index (χ3n) is 13.0. The monoisotopic (exact) mass is 703 g/mol. The molecule has 0 N–H and O–H groups in total. The molecule has 0 aliphatic heterocycles. The van der Waals surface area contributed by atoms with Crippen LogP contribution in [0, 0.1) is 11.8 Å². The van der Waals surface area contributed by atoms with E-state index < -0.39 is 0 Å². The predicted octanol–water partition coefficient (Wildman–Crippen LogP) is 13.9. The van der Waals surface area contributed by atoms with E-state index >= 15 is 0 Å². The van der Waals surface area contributed by atoms with Crippen LogP contribution in [0.3, 0.4) is 0 Å². The van der Waals surface area contributed by atoms with Crippen LogP contribution in [0.1, 0.15) is 25.0 Å². The van der Waals surface area contributed by atoms with Crippen molar-refractivity contribution in [3.8, 4) is 55.6 Å². The van der Waals surface area contributed by atoms with Crippen LogP contribution in [0.15, 0.2) is 200 Å². The average molecular weight is 704 g/mol. The lowest BCUT2D eigenvalue weighted by molar-refractivity contribution is 0.448. The second kappa shape index (κ2) is 12.0. The molecular formula is C54H41N. The molecule has 1 heteroatoms. The third kappa shape index (κ3) is 4.93. The van der Waals surface area contributed by atoms with Gasteiger partial charge in [-0.1, -0.05) is 190 Å². The summed E-state index contributed by atoms with van der Waals surface area (Å²) in [6, 6.07) is 64.4. The molecule has 11 rings (SSSR count). The molecule has 3 aliphatic carbocycles. The highest BCUT2D eigenvalue weighted by molar-refractivity contribution is 6.01. The minimum Gasteiger partial charge on any atom is -0.316 e. The largest absolute Gasteiger partial charge is 0.316 e. The van der Waals surface area contributed by atoms with E-state index in [1.807, 2.05) is 0 Å². The van der Waals surface area contributed by atoms with Crippen LogP contribution in [0.4, 0.5) is 0 Å². The summed E-state index contributed by atoms with van der Waals surface area (Å²) in [5, 5.41) is 1.27. The van der Waals surface area contributed by atoms with Crippen molar-refractivity contribution in [3.63, 3.8) is 0 Å². The summed E-state index contributed by atoms with van der Waals surface area (Å²) in [5.41, 5.74) is 18.1. The molecule has 3 unspecified atom stereocenters. The van der Waals surface area contributed by atoms with Gasteiger partial charge >= 0.3 is 0 Å². The van der Waals surface area contributed by atoms with E-state index in [2.05, 4.69) is 219 Å². The highest BCUT2D eigenvalue weighted by Crippen LogP contribution is 2.76. The minimum absolute atomic E-state index is 0.0791. The van der Waals surface area contributed by atoms with Gasteiger partial charge in [0.1, 0.15) is 0 Å². The molecule has 1 aromatic heterocycles. The average Bonchev–Trinajstić information content (AvgIpc) is 3.74. The first-order chi connectivity index (χ1) is 27.0. The fourth-order valence-electron chi connectivity index (χ4n) is 10.2. The van der Waals surface area contributed by atoms with Gasteiger partial charge in [0.15, 0.2) is 0 Å². The third-order valence-corrected chi connectivity index (χ3v) is 13.0. The minimum atomic E-state index is 0.0791. The fraction of sp³-hybridized carbons (Fsp3) is 0.111. The molecule has 1 spiro atoms. The zero-order valence-electron chi connectivity index (χ0n) is 31.2. The highest BCUT2D eigenvalue weighted by Gasteiger charge is 2.73. The SMILES string of the molecule is CC1(C)c2cc(-c3ccccc3)ccc2C23C=CC(n4cc(-c5ccc(-c6ccccc6)cc5)c5cc(-c6ccc(-c7ccccc7)cc6)ccc54)=CC2C13. The van der Waals surface area contributed by atoms with Crippen LogP contribution >= 0.6 is 0 Å². The molecule has 1 saturated carbocycles. The lowest BCUT2D eigenvalue weighted by Crippen LogP contribution is -2.19. The lowest BCUT2D eigenvalue weighted by atomic mass is 9.78. The summed E-state index contributed by atoms with van der Waals surface area (Å²) < 4.78 is 2.45. The molecule has 0 amide bonds. The summed E-state index contributed by atoms with van der Waals surface area (Å²) in [5.74, 6) is 1.03. The van der Waals surface area contributed by atoms with E-state index in [0.717, 1.165) is 0 Å². The van der Waals surface area contributed by atoms with Crippen molar-refractivity contribution in [1.29, 1.82) is 0 Å². The van der Waals surface area contributed by atoms with Crippen molar-refractivity contribution in [2.24, 2.45) is 11.8 Å². The van der Waals surface area contributed by atoms with E-state index in [-0.39, 0.29) is 10.8 Å². The van der Waals surface area contributed by atoms with Crippen LogP contribution in [-0.4, -0.2) is 4.57 Å². The Morgan fingerprint density at radius 2 is 0.927 bits per heavy atom. The van der Waals surface area contributed by atoms with E-state index in [0.29, 0.717) is 11.8 Å². The van der Waals surface area contributed by atoms with Crippen molar-refractivity contribution in [2.45, 2.75) is 24.7 Å². The summed E-state index contributed by atoms with van der Waals surface area (Å²) in [4.78, 5) is 0. The van der Waals surface area contributed by atoms with Gasteiger partial charge in [0.25, 0.3) is 0 Å². The molecule has 7 aromatic carbocycles. The van der Waals surface area contributed by atoms with Gasteiger partial charge in [-0.15, -0.1) is 0 Å². The Balaban J connectivity index is 0.991. The Morgan fingerprint density at radius 3 is 1.53 bits per heavy atom. The second-order valence-corrected chi connectivity index (χ2v) is 16.2. The van der Waals surface area contributed by atoms with Gasteiger partial charge in [0.05, 0.1) is 5.52 Å². The molecule has 1 nitrogen and oxygen atoms in total. The first-order valence-corrected chi connectivity index (χ1v) is 19.6. The maximum atomic E-state index is 2.58. The van der Waals surface area contributed by atoms with Gasteiger partial charge in [0, 0.05) is 28.3 Å². The van der Waals surface area contributed by atoms with Gasteiger partial charge < -0.3 is 4.57 Å². The molecule has 0 bridgehead atoms. The number of nitrogens with zero attached hydrogens (tertiary/aromatic N) is 1. The Hall–Kier alpha value is -6.44. The standard InChI is InChI=1S/C54H41N/c1-53(2)49-33-44(38-16-10-5-11-17-38)26-28-48(49)54-31-30-45(34-50(54)52(53)54)55-35-47(42-24-22-40(23-25-42)37-14-8-4-9-15-37)46-32-43(27-29-51(46)55)41-20-18-39(19-21-41)36-12-6-3-7-13-36/h3-35,50,52H,1-2H3. The molecule has 0 saturated heterocycles. The summed E-state index contributed by atoms with van der Waals surface area (Å²) in [7, 11) is 0. The highest BCUT2D eigenvalue weighted by atomic mass is 15.0. The second-order valence-electron chi connectivity index (χ2n) is 16.2. The summed E-state index contributed by atoms with van der Waals surface area (Å²) in [6.45, 7) is 4.94. The van der Waals surface area contributed by atoms with Crippen molar-refractivity contribution >= 4 is 16.6 Å². The van der Waals surface area contributed by atoms with E-state index in [1.54, 1.807) is 0 Å². The van der Waals surface area contributed by atoms with E-state index in [9.17, 15) is 0 Å². The number of benzene rings is 7. The van der Waals surface area contributed by atoms with Crippen molar-refractivity contribution < 1.29 is 0 Å². The first-order valence-electron chi connectivity index (χ1n) is 19.6. The van der Waals surface area contributed by atoms with E-state index in [4.69, 9.17) is 0 Å². The van der Waals surface area contributed by atoms with Gasteiger partial charge in [-0.2, -0.15) is 0 Å². The van der Waals surface area contributed by atoms with Crippen LogP contribution < -0.4 is 0 Å². The van der Waals surface area contributed by atoms with Gasteiger partial charge in [0.2, 0.25) is 0 Å². The number of hydrogen-bond acceptors (Lipinski definition) is 0. The Kier molecular flexibility index (Phi) is 7.01. The topological polar surface area (TPSA) is 4.93 Å². The maximum absolute atomic E-state index is 2.58. The Labute approximate surface area is 323 Å². The quantitative estimate of drug-likeness (QED) is 0.162. The Bertz CT molecular complexity index is 2800. The fourth-order valence-corrected chi connectivity index (χ4v) is 10.2. The van der Waals surface area contributed by atoms with Crippen molar-refractivity contribution in [1.82, 2.24) is 4.57 Å². The maximum Gasteiger partial charge on any atom is 0.0535 e. The molecule has 3 atom stereocenters. The molecule has 8 aromatic rings. The summed E-state index contributed by atoms with van der Waals surface area (Å²) >= 11 is 0. The van der Waals surface area contributed by atoms with Crippen LogP contribution in [-0.2, 0) is 10.8 Å². The number of hydrogen-bond donors (Lipinski definition) is 0. The molecule has 55 heavy (non-hydrogen) atoms. The van der Waals surface area contributed by atoms with Crippen LogP contribution in [0.2, 0.25) is 0 Å². The van der Waals surface area contributed by atoms with Crippen molar-refractivity contribution in [2.75, 3.05) is 0 Å². The Morgan fingerprint density at radius 1 is 0.455 bits per heavy atom. The van der Waals surface area contributed by atoms with Gasteiger partial charge in [-0.3, -0.25) is 0 Å². The zero-order chi connectivity index (χ0) is 36.7. The number of fused-ring (bicyclic) bond motifs is 3. The molecule has 1 fully saturated rings. The molecule has 0 radical (unpaired) electrons. The molecule has 1 heterocycles. The molecule has 262 valence electrons. The number of rotatable bonds is 6.